The molecule has 0 radical (unpaired) electrons. The molecule has 260 valence electrons. The first-order valence-electron chi connectivity index (χ1n) is 15.5. The minimum Gasteiger partial charge on any atom is -0.392 e. The second-order valence-corrected chi connectivity index (χ2v) is 14.1. The van der Waals surface area contributed by atoms with Gasteiger partial charge in [-0.25, -0.2) is 22.0 Å². The van der Waals surface area contributed by atoms with Crippen LogP contribution in [0, 0.1) is 41.9 Å². The first-order chi connectivity index (χ1) is 24.0. The number of benzene rings is 4. The first-order valence-corrected chi connectivity index (χ1v) is 17.3. The fourth-order valence-corrected chi connectivity index (χ4v) is 7.65. The molecule has 0 spiro atoms. The molecule has 1 fully saturated rings. The largest absolute Gasteiger partial charge is 0.392 e. The lowest BCUT2D eigenvalue weighted by molar-refractivity contribution is -0.268. The molecular formula is C36H30F5N3O4S2. The van der Waals surface area contributed by atoms with E-state index in [1.54, 1.807) is 36.0 Å². The molecule has 5 aromatic rings. The number of halogens is 5. The Balaban J connectivity index is 1.21. The van der Waals surface area contributed by atoms with Gasteiger partial charge in [0, 0.05) is 23.8 Å². The van der Waals surface area contributed by atoms with Gasteiger partial charge in [-0.3, -0.25) is 4.79 Å². The Morgan fingerprint density at radius 1 is 0.860 bits per heavy atom. The van der Waals surface area contributed by atoms with Crippen molar-refractivity contribution in [3.8, 4) is 11.1 Å². The van der Waals surface area contributed by atoms with Crippen LogP contribution in [-0.4, -0.2) is 33.1 Å². The standard InChI is InChI=1S/C36H30F5N3O4S2/c1-18-26(17-49-36-44-43-19(2)50-36)47-35(48-33(18)22-9-7-20(16-45)8-10-22)23-13-11-21(12-14-23)25-6-4-3-5-24(25)15-42-34(46)27-28(37)30(39)32(41)31(40)29(27)38/h3-14,18,26,33,35,45H,15-17H2,1-2H3,(H,42,46)/t18-,26+,33+,35+/m1/s1. The van der Waals surface area contributed by atoms with E-state index in [2.05, 4.69) is 22.4 Å². The molecule has 14 heteroatoms. The predicted octanol–water partition coefficient (Wildman–Crippen LogP) is 8.22. The average Bonchev–Trinajstić information content (AvgIpc) is 3.56. The van der Waals surface area contributed by atoms with Gasteiger partial charge in [-0.05, 0) is 34.7 Å². The number of aryl methyl sites for hydroxylation is 1. The highest BCUT2D eigenvalue weighted by atomic mass is 32.2. The summed E-state index contributed by atoms with van der Waals surface area (Å²) in [5.74, 6) is -12.0. The van der Waals surface area contributed by atoms with Crippen LogP contribution in [0.25, 0.3) is 11.1 Å². The summed E-state index contributed by atoms with van der Waals surface area (Å²) in [4.78, 5) is 12.6. The number of ether oxygens (including phenoxy) is 2. The van der Waals surface area contributed by atoms with Crippen LogP contribution in [0.1, 0.15) is 56.9 Å². The van der Waals surface area contributed by atoms with Crippen LogP contribution >= 0.6 is 23.1 Å². The molecule has 6 rings (SSSR count). The van der Waals surface area contributed by atoms with E-state index in [9.17, 15) is 31.9 Å². The number of aromatic nitrogens is 2. The van der Waals surface area contributed by atoms with E-state index >= 15 is 0 Å². The van der Waals surface area contributed by atoms with Crippen molar-refractivity contribution in [3.63, 3.8) is 0 Å². The van der Waals surface area contributed by atoms with Crippen LogP contribution in [-0.2, 0) is 22.6 Å². The number of carbonyl (C=O) groups excluding carboxylic acids is 1. The third-order valence-electron chi connectivity index (χ3n) is 8.39. The van der Waals surface area contributed by atoms with Gasteiger partial charge in [-0.1, -0.05) is 103 Å². The van der Waals surface area contributed by atoms with Crippen molar-refractivity contribution in [1.82, 2.24) is 15.5 Å². The lowest BCUT2D eigenvalue weighted by Gasteiger charge is -2.41. The summed E-state index contributed by atoms with van der Waals surface area (Å²) >= 11 is 3.08. The highest BCUT2D eigenvalue weighted by molar-refractivity contribution is 8.01. The molecule has 0 bridgehead atoms. The monoisotopic (exact) mass is 727 g/mol. The highest BCUT2D eigenvalue weighted by Gasteiger charge is 2.38. The molecular weight excluding hydrogens is 698 g/mol. The molecule has 1 amide bonds. The predicted molar refractivity (Wildman–Crippen MR) is 178 cm³/mol. The topological polar surface area (TPSA) is 93.6 Å². The third-order valence-corrected chi connectivity index (χ3v) is 10.5. The van der Waals surface area contributed by atoms with Crippen molar-refractivity contribution < 1.29 is 41.3 Å². The van der Waals surface area contributed by atoms with Gasteiger partial charge < -0.3 is 19.9 Å². The number of hydrogen-bond donors (Lipinski definition) is 2. The highest BCUT2D eigenvalue weighted by Crippen LogP contribution is 2.43. The molecule has 7 nitrogen and oxygen atoms in total. The molecule has 2 N–H and O–H groups in total. The summed E-state index contributed by atoms with van der Waals surface area (Å²) in [5, 5.41) is 21.0. The Morgan fingerprint density at radius 3 is 2.14 bits per heavy atom. The minimum absolute atomic E-state index is 0.0287. The van der Waals surface area contributed by atoms with Crippen LogP contribution in [0.15, 0.2) is 77.1 Å². The van der Waals surface area contributed by atoms with Gasteiger partial charge in [0.1, 0.15) is 10.6 Å². The number of aliphatic hydroxyl groups is 1. The van der Waals surface area contributed by atoms with E-state index in [0.29, 0.717) is 16.9 Å². The molecule has 1 saturated heterocycles. The summed E-state index contributed by atoms with van der Waals surface area (Å²) in [6.07, 6.45) is -1.25. The van der Waals surface area contributed by atoms with Crippen molar-refractivity contribution in [1.29, 1.82) is 0 Å². The van der Waals surface area contributed by atoms with Gasteiger partial charge in [0.15, 0.2) is 33.9 Å². The summed E-state index contributed by atoms with van der Waals surface area (Å²) in [5.41, 5.74) is 2.86. The van der Waals surface area contributed by atoms with Crippen LogP contribution in [0.5, 0.6) is 0 Å². The number of rotatable bonds is 10. The quantitative estimate of drug-likeness (QED) is 0.0649. The Kier molecular flexibility index (Phi) is 10.9. The average molecular weight is 728 g/mol. The van der Waals surface area contributed by atoms with E-state index in [1.807, 2.05) is 55.5 Å². The molecule has 4 aromatic carbocycles. The number of nitrogens with zero attached hydrogens (tertiary/aromatic N) is 2. The number of hydrogen-bond acceptors (Lipinski definition) is 8. The maximum absolute atomic E-state index is 14.2. The van der Waals surface area contributed by atoms with Crippen molar-refractivity contribution in [2.45, 2.75) is 49.8 Å². The van der Waals surface area contributed by atoms with Crippen LogP contribution in [0.4, 0.5) is 22.0 Å². The number of aliphatic hydroxyl groups excluding tert-OH is 1. The lowest BCUT2D eigenvalue weighted by atomic mass is 9.91. The van der Waals surface area contributed by atoms with Crippen molar-refractivity contribution in [2.24, 2.45) is 5.92 Å². The van der Waals surface area contributed by atoms with Crippen LogP contribution in [0.2, 0.25) is 0 Å². The zero-order chi connectivity index (χ0) is 35.5. The Bertz CT molecular complexity index is 1970. The second-order valence-electron chi connectivity index (χ2n) is 11.6. The van der Waals surface area contributed by atoms with Gasteiger partial charge >= 0.3 is 0 Å². The lowest BCUT2D eigenvalue weighted by Crippen LogP contribution is -2.38. The van der Waals surface area contributed by atoms with Crippen molar-refractivity contribution in [2.75, 3.05) is 5.75 Å². The molecule has 1 aliphatic rings. The zero-order valence-electron chi connectivity index (χ0n) is 26.6. The van der Waals surface area contributed by atoms with Crippen LogP contribution < -0.4 is 5.32 Å². The normalized spacial score (nSPS) is 19.0. The Morgan fingerprint density at radius 2 is 1.50 bits per heavy atom. The van der Waals surface area contributed by atoms with Gasteiger partial charge in [0.25, 0.3) is 5.91 Å². The van der Waals surface area contributed by atoms with Gasteiger partial charge in [0.05, 0.1) is 18.8 Å². The van der Waals surface area contributed by atoms with E-state index < -0.39 is 46.8 Å². The molecule has 0 unspecified atom stereocenters. The SMILES string of the molecule is Cc1nnc(SC[C@@H]2O[C@H](c3ccc(-c4ccccc4CNC(=O)c4c(F)c(F)c(F)c(F)c4F)cc3)O[C@H](c3ccc(CO)cc3)[C@@H]2C)s1. The first kappa shape index (κ1) is 35.6. The minimum atomic E-state index is -2.34. The van der Waals surface area contributed by atoms with E-state index in [1.165, 1.54) is 11.3 Å². The molecule has 0 aliphatic carbocycles. The third kappa shape index (κ3) is 7.44. The van der Waals surface area contributed by atoms with E-state index in [0.717, 1.165) is 31.6 Å². The number of thioether (sulfide) groups is 1. The van der Waals surface area contributed by atoms with E-state index in [-0.39, 0.29) is 31.3 Å². The summed E-state index contributed by atoms with van der Waals surface area (Å²) in [6, 6.07) is 21.9. The number of carbonyl (C=O) groups is 1. The fraction of sp³-hybridized carbons (Fsp3) is 0.250. The number of amides is 1. The van der Waals surface area contributed by atoms with Gasteiger partial charge in [0.2, 0.25) is 5.82 Å². The molecule has 4 atom stereocenters. The molecule has 1 aliphatic heterocycles. The number of nitrogens with one attached hydrogen (secondary N) is 1. The Hall–Kier alpha value is -4.21. The van der Waals surface area contributed by atoms with Gasteiger partial charge in [-0.2, -0.15) is 0 Å². The Labute approximate surface area is 292 Å². The maximum Gasteiger partial charge on any atom is 0.257 e. The second kappa shape index (κ2) is 15.4. The van der Waals surface area contributed by atoms with E-state index in [4.69, 9.17) is 9.47 Å². The van der Waals surface area contributed by atoms with Crippen molar-refractivity contribution in [3.05, 3.63) is 135 Å². The molecule has 2 heterocycles. The summed E-state index contributed by atoms with van der Waals surface area (Å²) in [7, 11) is 0. The molecule has 1 aromatic heterocycles. The molecule has 50 heavy (non-hydrogen) atoms. The van der Waals surface area contributed by atoms with Crippen molar-refractivity contribution >= 4 is 29.0 Å². The summed E-state index contributed by atoms with van der Waals surface area (Å²) in [6.45, 7) is 3.65. The molecule has 0 saturated carbocycles. The maximum atomic E-state index is 14.2. The summed E-state index contributed by atoms with van der Waals surface area (Å²) < 4.78 is 83.2. The van der Waals surface area contributed by atoms with Crippen LogP contribution in [0.3, 0.4) is 0 Å². The fourth-order valence-electron chi connectivity index (χ4n) is 5.64. The smallest absolute Gasteiger partial charge is 0.257 e. The zero-order valence-corrected chi connectivity index (χ0v) is 28.3. The van der Waals surface area contributed by atoms with Gasteiger partial charge in [-0.15, -0.1) is 10.2 Å².